The largest absolute Gasteiger partial charge is 0.480 e. The number of nitrogens with zero attached hydrogens (tertiary/aromatic N) is 2. The van der Waals surface area contributed by atoms with E-state index in [4.69, 9.17) is 4.74 Å². The van der Waals surface area contributed by atoms with Gasteiger partial charge in [0, 0.05) is 6.20 Å². The number of aliphatic carboxylic acids is 1. The maximum absolute atomic E-state index is 12.6. The molecule has 1 aromatic heterocycles. The predicted molar refractivity (Wildman–Crippen MR) is 98.8 cm³/mol. The zero-order valence-electron chi connectivity index (χ0n) is 16.1. The van der Waals surface area contributed by atoms with Gasteiger partial charge in [-0.2, -0.15) is 0 Å². The SMILES string of the molecule is CC(C(=O)O)N(CC#Cc1ccccn1)C(=O)[C@@H](C)NC(=O)OC(C)(C)C. The van der Waals surface area contributed by atoms with E-state index in [0.29, 0.717) is 5.69 Å². The van der Waals surface area contributed by atoms with Crippen molar-refractivity contribution >= 4 is 18.0 Å². The summed E-state index contributed by atoms with van der Waals surface area (Å²) in [6.45, 7) is 7.81. The van der Waals surface area contributed by atoms with Crippen LogP contribution in [0.25, 0.3) is 0 Å². The van der Waals surface area contributed by atoms with Crippen LogP contribution in [0.5, 0.6) is 0 Å². The van der Waals surface area contributed by atoms with Gasteiger partial charge >= 0.3 is 12.1 Å². The minimum Gasteiger partial charge on any atom is -0.480 e. The van der Waals surface area contributed by atoms with Gasteiger partial charge in [0.05, 0.1) is 6.54 Å². The van der Waals surface area contributed by atoms with Crippen LogP contribution in [0.4, 0.5) is 4.79 Å². The Kier molecular flexibility index (Phi) is 7.79. The summed E-state index contributed by atoms with van der Waals surface area (Å²) in [5.41, 5.74) is -0.206. The fourth-order valence-electron chi connectivity index (χ4n) is 1.99. The quantitative estimate of drug-likeness (QED) is 0.758. The lowest BCUT2D eigenvalue weighted by molar-refractivity contribution is -0.149. The van der Waals surface area contributed by atoms with Crippen LogP contribution in [0.15, 0.2) is 24.4 Å². The maximum Gasteiger partial charge on any atom is 0.408 e. The minimum absolute atomic E-state index is 0.122. The highest BCUT2D eigenvalue weighted by Gasteiger charge is 2.30. The Morgan fingerprint density at radius 3 is 2.48 bits per heavy atom. The zero-order chi connectivity index (χ0) is 20.6. The van der Waals surface area contributed by atoms with Gasteiger partial charge in [-0.1, -0.05) is 12.0 Å². The molecular weight excluding hydrogens is 350 g/mol. The Labute approximate surface area is 158 Å². The summed E-state index contributed by atoms with van der Waals surface area (Å²) in [5, 5.41) is 11.7. The van der Waals surface area contributed by atoms with Crippen LogP contribution < -0.4 is 5.32 Å². The van der Waals surface area contributed by atoms with E-state index in [1.165, 1.54) is 13.8 Å². The molecule has 0 fully saturated rings. The van der Waals surface area contributed by atoms with E-state index >= 15 is 0 Å². The third-order valence-corrected chi connectivity index (χ3v) is 3.34. The Balaban J connectivity index is 2.86. The highest BCUT2D eigenvalue weighted by molar-refractivity contribution is 5.89. The first kappa shape index (κ1) is 22.0. The van der Waals surface area contributed by atoms with Crippen LogP contribution in [-0.2, 0) is 14.3 Å². The summed E-state index contributed by atoms with van der Waals surface area (Å²) in [6.07, 6.45) is 0.824. The van der Waals surface area contributed by atoms with Crippen molar-refractivity contribution in [1.29, 1.82) is 0 Å². The van der Waals surface area contributed by atoms with Crippen molar-refractivity contribution in [2.24, 2.45) is 0 Å². The monoisotopic (exact) mass is 375 g/mol. The normalized spacial score (nSPS) is 12.8. The van der Waals surface area contributed by atoms with Crippen molar-refractivity contribution in [3.63, 3.8) is 0 Å². The molecule has 0 bridgehead atoms. The summed E-state index contributed by atoms with van der Waals surface area (Å²) in [5.74, 6) is 3.77. The van der Waals surface area contributed by atoms with Crippen molar-refractivity contribution in [3.8, 4) is 11.8 Å². The summed E-state index contributed by atoms with van der Waals surface area (Å²) < 4.78 is 5.11. The molecule has 0 saturated heterocycles. The minimum atomic E-state index is -1.17. The van der Waals surface area contributed by atoms with Crippen molar-refractivity contribution < 1.29 is 24.2 Å². The molecule has 146 valence electrons. The highest BCUT2D eigenvalue weighted by Crippen LogP contribution is 2.08. The second-order valence-electron chi connectivity index (χ2n) is 6.87. The molecule has 2 N–H and O–H groups in total. The summed E-state index contributed by atoms with van der Waals surface area (Å²) >= 11 is 0. The molecule has 2 atom stereocenters. The number of hydrogen-bond acceptors (Lipinski definition) is 5. The number of nitrogens with one attached hydrogen (secondary N) is 1. The topological polar surface area (TPSA) is 109 Å². The number of pyridine rings is 1. The van der Waals surface area contributed by atoms with Crippen molar-refractivity contribution in [2.75, 3.05) is 6.54 Å². The van der Waals surface area contributed by atoms with Gasteiger partial charge in [-0.3, -0.25) is 4.79 Å². The van der Waals surface area contributed by atoms with Gasteiger partial charge in [0.1, 0.15) is 23.4 Å². The van der Waals surface area contributed by atoms with Gasteiger partial charge in [0.25, 0.3) is 0 Å². The number of rotatable bonds is 5. The number of aromatic nitrogens is 1. The first-order valence-corrected chi connectivity index (χ1v) is 8.44. The number of alkyl carbamates (subject to hydrolysis) is 1. The van der Waals surface area contributed by atoms with Crippen LogP contribution in [0, 0.1) is 11.8 Å². The number of hydrogen-bond donors (Lipinski definition) is 2. The van der Waals surface area contributed by atoms with Gasteiger partial charge in [-0.05, 0) is 52.7 Å². The molecule has 1 rings (SSSR count). The van der Waals surface area contributed by atoms with E-state index in [1.54, 1.807) is 45.2 Å². The van der Waals surface area contributed by atoms with E-state index < -0.39 is 35.7 Å². The molecule has 8 heteroatoms. The number of carboxylic acid groups (broad SMARTS) is 1. The van der Waals surface area contributed by atoms with Crippen LogP contribution in [0.3, 0.4) is 0 Å². The van der Waals surface area contributed by atoms with Crippen molar-refractivity contribution in [3.05, 3.63) is 30.1 Å². The second kappa shape index (κ2) is 9.57. The van der Waals surface area contributed by atoms with E-state index in [0.717, 1.165) is 4.90 Å². The number of carbonyl (C=O) groups is 3. The molecule has 1 heterocycles. The third-order valence-electron chi connectivity index (χ3n) is 3.34. The van der Waals surface area contributed by atoms with E-state index in [2.05, 4.69) is 22.1 Å². The van der Waals surface area contributed by atoms with Crippen molar-refractivity contribution in [1.82, 2.24) is 15.2 Å². The fraction of sp³-hybridized carbons (Fsp3) is 0.474. The molecule has 0 spiro atoms. The Bertz CT molecular complexity index is 731. The molecule has 0 aliphatic heterocycles. The number of amides is 2. The fourth-order valence-corrected chi connectivity index (χ4v) is 1.99. The summed E-state index contributed by atoms with van der Waals surface area (Å²) in [6, 6.07) is 3.13. The van der Waals surface area contributed by atoms with Crippen molar-refractivity contribution in [2.45, 2.75) is 52.3 Å². The van der Waals surface area contributed by atoms with Gasteiger partial charge in [-0.15, -0.1) is 0 Å². The van der Waals surface area contributed by atoms with Crippen LogP contribution >= 0.6 is 0 Å². The van der Waals surface area contributed by atoms with Crippen LogP contribution in [-0.4, -0.2) is 57.2 Å². The number of carbonyl (C=O) groups excluding carboxylic acids is 2. The molecule has 0 aliphatic rings. The molecular formula is C19H25N3O5. The lowest BCUT2D eigenvalue weighted by atomic mass is 10.2. The highest BCUT2D eigenvalue weighted by atomic mass is 16.6. The zero-order valence-corrected chi connectivity index (χ0v) is 16.1. The molecule has 0 aromatic carbocycles. The predicted octanol–water partition coefficient (Wildman–Crippen LogP) is 1.65. The molecule has 0 radical (unpaired) electrons. The smallest absolute Gasteiger partial charge is 0.408 e. The Morgan fingerprint density at radius 2 is 1.96 bits per heavy atom. The van der Waals surface area contributed by atoms with Gasteiger partial charge in [0.15, 0.2) is 0 Å². The second-order valence-corrected chi connectivity index (χ2v) is 6.87. The molecule has 1 unspecified atom stereocenters. The van der Waals surface area contributed by atoms with Crippen LogP contribution in [0.2, 0.25) is 0 Å². The average Bonchev–Trinajstić information content (AvgIpc) is 2.56. The van der Waals surface area contributed by atoms with E-state index in [9.17, 15) is 19.5 Å². The average molecular weight is 375 g/mol. The van der Waals surface area contributed by atoms with Gasteiger partial charge in [-0.25, -0.2) is 14.6 Å². The Hall–Kier alpha value is -3.08. The molecule has 0 saturated carbocycles. The number of carboxylic acids is 1. The lowest BCUT2D eigenvalue weighted by Gasteiger charge is -2.28. The lowest BCUT2D eigenvalue weighted by Crippen LogP contribution is -2.52. The summed E-state index contributed by atoms with van der Waals surface area (Å²) in [4.78, 5) is 41.0. The first-order chi connectivity index (χ1) is 12.5. The maximum atomic E-state index is 12.6. The molecule has 0 aliphatic carbocycles. The molecule has 8 nitrogen and oxygen atoms in total. The molecule has 2 amide bonds. The first-order valence-electron chi connectivity index (χ1n) is 8.44. The summed E-state index contributed by atoms with van der Waals surface area (Å²) in [7, 11) is 0. The molecule has 27 heavy (non-hydrogen) atoms. The van der Waals surface area contributed by atoms with Gasteiger partial charge in [0.2, 0.25) is 5.91 Å². The van der Waals surface area contributed by atoms with E-state index in [1.807, 2.05) is 0 Å². The van der Waals surface area contributed by atoms with E-state index in [-0.39, 0.29) is 6.54 Å². The molecule has 1 aromatic rings. The third kappa shape index (κ3) is 7.77. The standard InChI is InChI=1S/C19H25N3O5/c1-13(21-18(26)27-19(3,4)5)16(23)22(14(2)17(24)25)12-8-10-15-9-6-7-11-20-15/h6-7,9,11,13-14H,12H2,1-5H3,(H,21,26)(H,24,25)/t13-,14?/m1/s1. The Morgan fingerprint density at radius 1 is 1.30 bits per heavy atom. The van der Waals surface area contributed by atoms with Gasteiger partial charge < -0.3 is 20.1 Å². The number of ether oxygens (including phenoxy) is 1. The van der Waals surface area contributed by atoms with Crippen LogP contribution in [0.1, 0.15) is 40.3 Å².